The molecule has 0 amide bonds. The highest BCUT2D eigenvalue weighted by atomic mass is 16.5. The van der Waals surface area contributed by atoms with E-state index in [1.807, 2.05) is 6.92 Å². The van der Waals surface area contributed by atoms with E-state index in [0.717, 1.165) is 12.0 Å². The third kappa shape index (κ3) is 2.33. The number of allylic oxidation sites excluding steroid dienone is 1. The van der Waals surface area contributed by atoms with Crippen LogP contribution in [0.25, 0.3) is 0 Å². The highest BCUT2D eigenvalue weighted by molar-refractivity contribution is 5.88. The molecule has 0 heterocycles. The molecule has 0 bridgehead atoms. The Balaban J connectivity index is 2.80. The first-order valence-corrected chi connectivity index (χ1v) is 4.94. The number of carbonyl (C=O) groups is 1. The van der Waals surface area contributed by atoms with Gasteiger partial charge in [-0.25, -0.2) is 4.79 Å². The average Bonchev–Trinajstić information content (AvgIpc) is 2.16. The van der Waals surface area contributed by atoms with Gasteiger partial charge in [0.05, 0.1) is 7.11 Å². The third-order valence-corrected chi connectivity index (χ3v) is 2.90. The molecule has 74 valence electrons. The largest absolute Gasteiger partial charge is 0.466 e. The van der Waals surface area contributed by atoms with Gasteiger partial charge >= 0.3 is 5.97 Å². The molecule has 1 aliphatic rings. The second-order valence-electron chi connectivity index (χ2n) is 3.79. The zero-order valence-corrected chi connectivity index (χ0v) is 8.72. The molecule has 1 unspecified atom stereocenters. The van der Waals surface area contributed by atoms with Gasteiger partial charge in [-0.05, 0) is 32.1 Å². The van der Waals surface area contributed by atoms with Gasteiger partial charge in [0.15, 0.2) is 0 Å². The Hall–Kier alpha value is -0.790. The van der Waals surface area contributed by atoms with E-state index in [9.17, 15) is 4.79 Å². The molecule has 0 radical (unpaired) electrons. The van der Waals surface area contributed by atoms with Crippen molar-refractivity contribution in [2.24, 2.45) is 5.92 Å². The second-order valence-corrected chi connectivity index (χ2v) is 3.79. The summed E-state index contributed by atoms with van der Waals surface area (Å²) in [5.41, 5.74) is 2.13. The Bertz CT molecular complexity index is 228. The molecule has 0 spiro atoms. The number of rotatable bonds is 1. The average molecular weight is 182 g/mol. The van der Waals surface area contributed by atoms with E-state index in [4.69, 9.17) is 4.74 Å². The molecule has 13 heavy (non-hydrogen) atoms. The summed E-state index contributed by atoms with van der Waals surface area (Å²) < 4.78 is 4.72. The monoisotopic (exact) mass is 182 g/mol. The lowest BCUT2D eigenvalue weighted by Crippen LogP contribution is -2.13. The fraction of sp³-hybridized carbons (Fsp3) is 0.727. The smallest absolute Gasteiger partial charge is 0.333 e. The van der Waals surface area contributed by atoms with Gasteiger partial charge in [0, 0.05) is 5.57 Å². The SMILES string of the molecule is COC(=O)/C(C)=C1\CCCCC1C. The Kier molecular flexibility index (Phi) is 3.52. The minimum absolute atomic E-state index is 0.163. The van der Waals surface area contributed by atoms with Crippen LogP contribution in [0.3, 0.4) is 0 Å². The molecule has 0 saturated heterocycles. The minimum atomic E-state index is -0.163. The van der Waals surface area contributed by atoms with Crippen molar-refractivity contribution in [1.29, 1.82) is 0 Å². The van der Waals surface area contributed by atoms with E-state index in [2.05, 4.69) is 6.92 Å². The van der Waals surface area contributed by atoms with Crippen molar-refractivity contribution in [2.45, 2.75) is 39.5 Å². The highest BCUT2D eigenvalue weighted by Crippen LogP contribution is 2.31. The Labute approximate surface area is 80.0 Å². The predicted molar refractivity (Wildman–Crippen MR) is 52.3 cm³/mol. The number of esters is 1. The van der Waals surface area contributed by atoms with Gasteiger partial charge < -0.3 is 4.74 Å². The molecule has 1 aliphatic carbocycles. The first-order chi connectivity index (χ1) is 6.16. The number of carbonyl (C=O) groups excluding carboxylic acids is 1. The van der Waals surface area contributed by atoms with Crippen LogP contribution in [0.15, 0.2) is 11.1 Å². The molecular weight excluding hydrogens is 164 g/mol. The molecule has 0 aromatic heterocycles. The van der Waals surface area contributed by atoms with Gasteiger partial charge in [0.1, 0.15) is 0 Å². The van der Waals surface area contributed by atoms with Crippen LogP contribution in [0.1, 0.15) is 39.5 Å². The topological polar surface area (TPSA) is 26.3 Å². The van der Waals surface area contributed by atoms with E-state index in [1.54, 1.807) is 0 Å². The summed E-state index contributed by atoms with van der Waals surface area (Å²) in [5.74, 6) is 0.400. The zero-order chi connectivity index (χ0) is 9.84. The van der Waals surface area contributed by atoms with Gasteiger partial charge in [-0.15, -0.1) is 0 Å². The molecule has 0 aromatic rings. The van der Waals surface area contributed by atoms with Crippen LogP contribution in [0.4, 0.5) is 0 Å². The van der Waals surface area contributed by atoms with E-state index in [-0.39, 0.29) is 5.97 Å². The van der Waals surface area contributed by atoms with Gasteiger partial charge in [-0.3, -0.25) is 0 Å². The van der Waals surface area contributed by atoms with Crippen LogP contribution < -0.4 is 0 Å². The molecule has 0 aliphatic heterocycles. The minimum Gasteiger partial charge on any atom is -0.466 e. The van der Waals surface area contributed by atoms with Crippen molar-refractivity contribution in [1.82, 2.24) is 0 Å². The standard InChI is InChI=1S/C11H18O2/c1-8-6-4-5-7-10(8)9(2)11(12)13-3/h8H,4-7H2,1-3H3/b10-9+. The molecule has 1 saturated carbocycles. The lowest BCUT2D eigenvalue weighted by molar-refractivity contribution is -0.136. The maximum absolute atomic E-state index is 11.3. The zero-order valence-electron chi connectivity index (χ0n) is 8.72. The first-order valence-electron chi connectivity index (χ1n) is 4.94. The number of hydrogen-bond acceptors (Lipinski definition) is 2. The predicted octanol–water partition coefficient (Wildman–Crippen LogP) is 2.69. The van der Waals surface area contributed by atoms with Crippen molar-refractivity contribution < 1.29 is 9.53 Å². The Morgan fingerprint density at radius 2 is 2.15 bits per heavy atom. The second kappa shape index (κ2) is 4.45. The van der Waals surface area contributed by atoms with Crippen molar-refractivity contribution >= 4 is 5.97 Å². The van der Waals surface area contributed by atoms with Gasteiger partial charge in [-0.2, -0.15) is 0 Å². The molecule has 0 N–H and O–H groups in total. The highest BCUT2D eigenvalue weighted by Gasteiger charge is 2.19. The van der Waals surface area contributed by atoms with Gasteiger partial charge in [0.25, 0.3) is 0 Å². The molecule has 1 rings (SSSR count). The lowest BCUT2D eigenvalue weighted by Gasteiger charge is -2.23. The van der Waals surface area contributed by atoms with Crippen LogP contribution >= 0.6 is 0 Å². The number of hydrogen-bond donors (Lipinski definition) is 0. The normalized spacial score (nSPS) is 26.8. The van der Waals surface area contributed by atoms with E-state index in [1.165, 1.54) is 31.9 Å². The quantitative estimate of drug-likeness (QED) is 0.460. The Morgan fingerprint density at radius 1 is 1.46 bits per heavy atom. The van der Waals surface area contributed by atoms with E-state index >= 15 is 0 Å². The van der Waals surface area contributed by atoms with Crippen LogP contribution in [0, 0.1) is 5.92 Å². The molecule has 2 heteroatoms. The van der Waals surface area contributed by atoms with Crippen molar-refractivity contribution in [3.05, 3.63) is 11.1 Å². The van der Waals surface area contributed by atoms with Gasteiger partial charge in [0.2, 0.25) is 0 Å². The molecular formula is C11H18O2. The number of methoxy groups -OCH3 is 1. The van der Waals surface area contributed by atoms with E-state index in [0.29, 0.717) is 5.92 Å². The summed E-state index contributed by atoms with van der Waals surface area (Å²) in [7, 11) is 1.44. The van der Waals surface area contributed by atoms with Crippen LogP contribution in [-0.2, 0) is 9.53 Å². The first kappa shape index (κ1) is 10.3. The molecule has 2 nitrogen and oxygen atoms in total. The Morgan fingerprint density at radius 3 is 2.69 bits per heavy atom. The fourth-order valence-corrected chi connectivity index (χ4v) is 2.03. The van der Waals surface area contributed by atoms with Gasteiger partial charge in [-0.1, -0.05) is 18.9 Å². The summed E-state index contributed by atoms with van der Waals surface area (Å²) in [6, 6.07) is 0. The van der Waals surface area contributed by atoms with Crippen LogP contribution in [-0.4, -0.2) is 13.1 Å². The summed E-state index contributed by atoms with van der Waals surface area (Å²) in [6.45, 7) is 4.07. The van der Waals surface area contributed by atoms with Crippen molar-refractivity contribution in [2.75, 3.05) is 7.11 Å². The van der Waals surface area contributed by atoms with Crippen molar-refractivity contribution in [3.8, 4) is 0 Å². The van der Waals surface area contributed by atoms with Crippen molar-refractivity contribution in [3.63, 3.8) is 0 Å². The fourth-order valence-electron chi connectivity index (χ4n) is 2.03. The van der Waals surface area contributed by atoms with Crippen LogP contribution in [0.5, 0.6) is 0 Å². The molecule has 1 fully saturated rings. The third-order valence-electron chi connectivity index (χ3n) is 2.90. The molecule has 0 aromatic carbocycles. The lowest BCUT2D eigenvalue weighted by atomic mass is 9.83. The summed E-state index contributed by atoms with van der Waals surface area (Å²) in [4.78, 5) is 11.3. The molecule has 1 atom stereocenters. The maximum Gasteiger partial charge on any atom is 0.333 e. The van der Waals surface area contributed by atoms with E-state index < -0.39 is 0 Å². The summed E-state index contributed by atoms with van der Waals surface area (Å²) >= 11 is 0. The summed E-state index contributed by atoms with van der Waals surface area (Å²) in [6.07, 6.45) is 4.79. The maximum atomic E-state index is 11.3. The number of ether oxygens (including phenoxy) is 1. The summed E-state index contributed by atoms with van der Waals surface area (Å²) in [5, 5.41) is 0. The van der Waals surface area contributed by atoms with Crippen LogP contribution in [0.2, 0.25) is 0 Å².